The third-order valence-electron chi connectivity index (χ3n) is 5.71. The normalized spacial score (nSPS) is 15.7. The number of benzene rings is 2. The lowest BCUT2D eigenvalue weighted by Crippen LogP contribution is -2.43. The number of anilines is 1. The molecule has 1 aliphatic rings. The Morgan fingerprint density at radius 3 is 2.37 bits per heavy atom. The van der Waals surface area contributed by atoms with Gasteiger partial charge in [-0.2, -0.15) is 0 Å². The van der Waals surface area contributed by atoms with E-state index in [0.717, 1.165) is 22.4 Å². The van der Waals surface area contributed by atoms with E-state index in [-0.39, 0.29) is 17.6 Å². The number of carbonyl (C=O) groups excluding carboxylic acids is 1. The number of carbonyl (C=O) groups is 1. The molecule has 3 rings (SSSR count). The highest BCUT2D eigenvalue weighted by Crippen LogP contribution is 2.22. The summed E-state index contributed by atoms with van der Waals surface area (Å²) in [6, 6.07) is 15.4. The fourth-order valence-corrected chi connectivity index (χ4v) is 5.32. The second-order valence-corrected chi connectivity index (χ2v) is 10.1. The molecule has 1 fully saturated rings. The molecule has 0 aliphatic carbocycles. The van der Waals surface area contributed by atoms with E-state index in [4.69, 9.17) is 0 Å². The van der Waals surface area contributed by atoms with Crippen LogP contribution in [0.3, 0.4) is 0 Å². The van der Waals surface area contributed by atoms with E-state index in [1.54, 1.807) is 0 Å². The van der Waals surface area contributed by atoms with Crippen molar-refractivity contribution >= 4 is 21.6 Å². The molecule has 0 bridgehead atoms. The smallest absolute Gasteiger partial charge is 0.223 e. The van der Waals surface area contributed by atoms with Crippen LogP contribution in [0.4, 0.5) is 5.69 Å². The summed E-state index contributed by atoms with van der Waals surface area (Å²) in [6.07, 6.45) is 1.11. The van der Waals surface area contributed by atoms with E-state index in [1.807, 2.05) is 63.5 Å². The van der Waals surface area contributed by atoms with Gasteiger partial charge in [-0.25, -0.2) is 12.7 Å². The van der Waals surface area contributed by atoms with Crippen LogP contribution in [0.1, 0.15) is 29.5 Å². The zero-order chi connectivity index (χ0) is 21.7. The molecule has 0 aromatic heterocycles. The monoisotopic (exact) mass is 429 g/mol. The number of nitrogens with one attached hydrogen (secondary N) is 1. The van der Waals surface area contributed by atoms with Gasteiger partial charge in [0.2, 0.25) is 15.9 Å². The summed E-state index contributed by atoms with van der Waals surface area (Å²) < 4.78 is 26.9. The molecule has 2 aromatic carbocycles. The van der Waals surface area contributed by atoms with Crippen LogP contribution in [-0.2, 0) is 27.1 Å². The molecule has 1 heterocycles. The average Bonchev–Trinajstić information content (AvgIpc) is 2.73. The average molecular weight is 430 g/mol. The summed E-state index contributed by atoms with van der Waals surface area (Å²) >= 11 is 0. The molecule has 0 atom stereocenters. The largest absolute Gasteiger partial charge is 0.378 e. The SMILES string of the molecule is Cc1cc(N(C)C)ccc1CNC(=O)C1CCN(S(=O)(=O)Cc2ccccc2)CC1. The van der Waals surface area contributed by atoms with Crippen molar-refractivity contribution in [1.82, 2.24) is 9.62 Å². The number of nitrogens with zero attached hydrogens (tertiary/aromatic N) is 2. The van der Waals surface area contributed by atoms with Gasteiger partial charge in [0.15, 0.2) is 0 Å². The number of hydrogen-bond acceptors (Lipinski definition) is 4. The lowest BCUT2D eigenvalue weighted by atomic mass is 9.97. The minimum atomic E-state index is -3.36. The van der Waals surface area contributed by atoms with Gasteiger partial charge in [0.1, 0.15) is 0 Å². The molecule has 0 radical (unpaired) electrons. The Balaban J connectivity index is 1.50. The molecule has 0 saturated carbocycles. The number of piperidine rings is 1. The van der Waals surface area contributed by atoms with Crippen molar-refractivity contribution in [1.29, 1.82) is 0 Å². The molecule has 7 heteroatoms. The van der Waals surface area contributed by atoms with Crippen LogP contribution in [0.25, 0.3) is 0 Å². The van der Waals surface area contributed by atoms with Gasteiger partial charge in [0.05, 0.1) is 5.75 Å². The lowest BCUT2D eigenvalue weighted by molar-refractivity contribution is -0.126. The standard InChI is InChI=1S/C23H31N3O3S/c1-18-15-22(25(2)3)10-9-21(18)16-24-23(27)20-11-13-26(14-12-20)30(28,29)17-19-7-5-4-6-8-19/h4-10,15,20H,11-14,16-17H2,1-3H3,(H,24,27). The molecule has 0 spiro atoms. The van der Waals surface area contributed by atoms with E-state index in [9.17, 15) is 13.2 Å². The van der Waals surface area contributed by atoms with Gasteiger partial charge >= 0.3 is 0 Å². The summed E-state index contributed by atoms with van der Waals surface area (Å²) in [5, 5.41) is 3.03. The van der Waals surface area contributed by atoms with E-state index in [1.165, 1.54) is 4.31 Å². The highest BCUT2D eigenvalue weighted by atomic mass is 32.2. The van der Waals surface area contributed by atoms with E-state index in [0.29, 0.717) is 32.5 Å². The first-order valence-electron chi connectivity index (χ1n) is 10.3. The first kappa shape index (κ1) is 22.3. The Kier molecular flexibility index (Phi) is 7.15. The highest BCUT2D eigenvalue weighted by molar-refractivity contribution is 7.88. The predicted molar refractivity (Wildman–Crippen MR) is 121 cm³/mol. The predicted octanol–water partition coefficient (Wildman–Crippen LogP) is 2.92. The Labute approximate surface area is 179 Å². The Bertz CT molecular complexity index is 966. The van der Waals surface area contributed by atoms with Crippen molar-refractivity contribution < 1.29 is 13.2 Å². The van der Waals surface area contributed by atoms with E-state index >= 15 is 0 Å². The lowest BCUT2D eigenvalue weighted by Gasteiger charge is -2.30. The molecule has 1 N–H and O–H groups in total. The van der Waals surface area contributed by atoms with Crippen LogP contribution in [0.5, 0.6) is 0 Å². The molecule has 1 saturated heterocycles. The second-order valence-electron chi connectivity index (χ2n) is 8.14. The van der Waals surface area contributed by atoms with Gasteiger partial charge in [0, 0.05) is 45.3 Å². The van der Waals surface area contributed by atoms with E-state index < -0.39 is 10.0 Å². The zero-order valence-corrected chi connectivity index (χ0v) is 18.8. The highest BCUT2D eigenvalue weighted by Gasteiger charge is 2.31. The van der Waals surface area contributed by atoms with Crippen molar-refractivity contribution in [2.75, 3.05) is 32.1 Å². The third kappa shape index (κ3) is 5.61. The van der Waals surface area contributed by atoms with Crippen LogP contribution in [0, 0.1) is 12.8 Å². The zero-order valence-electron chi connectivity index (χ0n) is 18.0. The summed E-state index contributed by atoms with van der Waals surface area (Å²) in [7, 11) is 0.645. The first-order valence-corrected chi connectivity index (χ1v) is 11.9. The number of aryl methyl sites for hydroxylation is 1. The van der Waals surface area contributed by atoms with Gasteiger partial charge in [0.25, 0.3) is 0 Å². The molecule has 0 unspecified atom stereocenters. The summed E-state index contributed by atoms with van der Waals surface area (Å²) in [4.78, 5) is 14.7. The van der Waals surface area contributed by atoms with Crippen LogP contribution >= 0.6 is 0 Å². The van der Waals surface area contributed by atoms with Crippen molar-refractivity contribution in [2.45, 2.75) is 32.1 Å². The molecule has 6 nitrogen and oxygen atoms in total. The summed E-state index contributed by atoms with van der Waals surface area (Å²) in [5.74, 6) is -0.131. The maximum Gasteiger partial charge on any atom is 0.223 e. The van der Waals surface area contributed by atoms with Gasteiger partial charge in [-0.3, -0.25) is 4.79 Å². The Morgan fingerprint density at radius 1 is 1.10 bits per heavy atom. The van der Waals surface area contributed by atoms with Crippen LogP contribution in [0.15, 0.2) is 48.5 Å². The Morgan fingerprint density at radius 2 is 1.77 bits per heavy atom. The first-order chi connectivity index (χ1) is 14.3. The van der Waals surface area contributed by atoms with Crippen LogP contribution in [0.2, 0.25) is 0 Å². The van der Waals surface area contributed by atoms with Crippen LogP contribution in [-0.4, -0.2) is 45.8 Å². The van der Waals surface area contributed by atoms with Crippen molar-refractivity contribution in [3.8, 4) is 0 Å². The quantitative estimate of drug-likeness (QED) is 0.735. The number of amides is 1. The fraction of sp³-hybridized carbons (Fsp3) is 0.435. The minimum absolute atomic E-state index is 0.00573. The molecule has 1 amide bonds. The van der Waals surface area contributed by atoms with Gasteiger partial charge in [-0.1, -0.05) is 36.4 Å². The summed E-state index contributed by atoms with van der Waals surface area (Å²) in [5.41, 5.74) is 4.15. The van der Waals surface area contributed by atoms with Gasteiger partial charge < -0.3 is 10.2 Å². The second kappa shape index (κ2) is 9.62. The van der Waals surface area contributed by atoms with Crippen LogP contribution < -0.4 is 10.2 Å². The van der Waals surface area contributed by atoms with Gasteiger partial charge in [-0.05, 0) is 48.6 Å². The Hall–Kier alpha value is -2.38. The maximum absolute atomic E-state index is 12.7. The minimum Gasteiger partial charge on any atom is -0.378 e. The number of rotatable bonds is 7. The molecule has 162 valence electrons. The number of hydrogen-bond donors (Lipinski definition) is 1. The van der Waals surface area contributed by atoms with Crippen molar-refractivity contribution in [2.24, 2.45) is 5.92 Å². The maximum atomic E-state index is 12.7. The molecular weight excluding hydrogens is 398 g/mol. The van der Waals surface area contributed by atoms with E-state index in [2.05, 4.69) is 16.3 Å². The topological polar surface area (TPSA) is 69.7 Å². The molecule has 30 heavy (non-hydrogen) atoms. The van der Waals surface area contributed by atoms with Crippen molar-refractivity contribution in [3.05, 3.63) is 65.2 Å². The third-order valence-corrected chi connectivity index (χ3v) is 7.56. The molecule has 2 aromatic rings. The van der Waals surface area contributed by atoms with Crippen molar-refractivity contribution in [3.63, 3.8) is 0 Å². The van der Waals surface area contributed by atoms with Gasteiger partial charge in [-0.15, -0.1) is 0 Å². The molecular formula is C23H31N3O3S. The summed E-state index contributed by atoms with van der Waals surface area (Å²) in [6.45, 7) is 3.32. The fourth-order valence-electron chi connectivity index (χ4n) is 3.76. The molecule has 1 aliphatic heterocycles. The number of sulfonamides is 1.